The van der Waals surface area contributed by atoms with Gasteiger partial charge in [-0.15, -0.1) is 0 Å². The molecule has 6 nitrogen and oxygen atoms in total. The van der Waals surface area contributed by atoms with E-state index in [0.29, 0.717) is 11.7 Å². The number of nitrogens with zero attached hydrogens (tertiary/aromatic N) is 3. The van der Waals surface area contributed by atoms with Crippen LogP contribution in [0.2, 0.25) is 0 Å². The number of aryl methyl sites for hydroxylation is 1. The van der Waals surface area contributed by atoms with Gasteiger partial charge in [0.25, 0.3) is 5.89 Å². The van der Waals surface area contributed by atoms with E-state index in [-0.39, 0.29) is 17.6 Å². The summed E-state index contributed by atoms with van der Waals surface area (Å²) in [5, 5.41) is 3.85. The van der Waals surface area contributed by atoms with Crippen molar-refractivity contribution in [3.05, 3.63) is 23.4 Å². The van der Waals surface area contributed by atoms with E-state index in [1.54, 1.807) is 0 Å². The second-order valence-corrected chi connectivity index (χ2v) is 6.92. The lowest BCUT2D eigenvalue weighted by Crippen LogP contribution is -2.46. The predicted molar refractivity (Wildman–Crippen MR) is 82.6 cm³/mol. The van der Waals surface area contributed by atoms with E-state index in [1.807, 2.05) is 11.8 Å². The molecule has 6 heteroatoms. The van der Waals surface area contributed by atoms with Gasteiger partial charge >= 0.3 is 0 Å². The van der Waals surface area contributed by atoms with Crippen molar-refractivity contribution >= 4 is 5.91 Å². The van der Waals surface area contributed by atoms with E-state index in [1.165, 1.54) is 0 Å². The van der Waals surface area contributed by atoms with Gasteiger partial charge in [-0.05, 0) is 51.9 Å². The molecule has 0 radical (unpaired) electrons. The Bertz CT molecular complexity index is 629. The van der Waals surface area contributed by atoms with Crippen LogP contribution in [0, 0.1) is 6.92 Å². The number of likely N-dealkylation sites (tertiary alicyclic amines) is 1. The highest BCUT2D eigenvalue weighted by molar-refractivity contribution is 5.93. The number of allylic oxidation sites excluding steroid dienone is 1. The fourth-order valence-electron chi connectivity index (χ4n) is 3.98. The maximum Gasteiger partial charge on any atom is 0.255 e. The summed E-state index contributed by atoms with van der Waals surface area (Å²) >= 11 is 0. The number of hydrogen-bond donors (Lipinski definition) is 0. The summed E-state index contributed by atoms with van der Waals surface area (Å²) in [6.07, 6.45) is 8.84. The van der Waals surface area contributed by atoms with Gasteiger partial charge in [-0.25, -0.2) is 0 Å². The zero-order chi connectivity index (χ0) is 15.9. The highest BCUT2D eigenvalue weighted by atomic mass is 16.5. The van der Waals surface area contributed by atoms with Crippen LogP contribution < -0.4 is 0 Å². The number of hydrogen-bond acceptors (Lipinski definition) is 5. The molecular formula is C17H23N3O3. The summed E-state index contributed by atoms with van der Waals surface area (Å²) in [6, 6.07) is 0. The summed E-state index contributed by atoms with van der Waals surface area (Å²) in [4.78, 5) is 18.8. The van der Waals surface area contributed by atoms with E-state index in [4.69, 9.17) is 9.26 Å². The fraction of sp³-hybridized carbons (Fsp3) is 0.706. The van der Waals surface area contributed by atoms with Crippen LogP contribution in [0.15, 0.2) is 16.2 Å². The molecule has 3 heterocycles. The summed E-state index contributed by atoms with van der Waals surface area (Å²) in [6.45, 7) is 3.39. The Kier molecular flexibility index (Phi) is 3.71. The van der Waals surface area contributed by atoms with E-state index < -0.39 is 0 Å². The van der Waals surface area contributed by atoms with Crippen molar-refractivity contribution < 1.29 is 14.1 Å². The van der Waals surface area contributed by atoms with Crippen molar-refractivity contribution in [1.82, 2.24) is 15.0 Å². The predicted octanol–water partition coefficient (Wildman–Crippen LogP) is 2.70. The summed E-state index contributed by atoms with van der Waals surface area (Å²) in [5.41, 5.74) is 0.890. The Morgan fingerprint density at radius 1 is 1.35 bits per heavy atom. The van der Waals surface area contributed by atoms with Crippen molar-refractivity contribution in [2.45, 2.75) is 63.6 Å². The largest absolute Gasteiger partial charge is 0.362 e. The highest BCUT2D eigenvalue weighted by Crippen LogP contribution is 2.44. The van der Waals surface area contributed by atoms with Crippen LogP contribution in [0.5, 0.6) is 0 Å². The van der Waals surface area contributed by atoms with Gasteiger partial charge in [0.2, 0.25) is 5.91 Å². The first-order valence-electron chi connectivity index (χ1n) is 8.62. The first-order valence-corrected chi connectivity index (χ1v) is 8.62. The van der Waals surface area contributed by atoms with E-state index in [9.17, 15) is 4.79 Å². The molecule has 1 amide bonds. The maximum atomic E-state index is 12.5. The van der Waals surface area contributed by atoms with Gasteiger partial charge in [0.15, 0.2) is 5.82 Å². The molecule has 1 unspecified atom stereocenters. The van der Waals surface area contributed by atoms with Gasteiger partial charge in [0.1, 0.15) is 6.10 Å². The molecule has 0 aromatic carbocycles. The third-order valence-electron chi connectivity index (χ3n) is 5.35. The molecule has 2 saturated heterocycles. The number of amides is 1. The summed E-state index contributed by atoms with van der Waals surface area (Å²) in [5.74, 6) is 1.48. The Hall–Kier alpha value is -1.69. The molecule has 0 saturated carbocycles. The molecule has 2 fully saturated rings. The number of carbonyl (C=O) groups is 1. The monoisotopic (exact) mass is 317 g/mol. The molecule has 0 bridgehead atoms. The van der Waals surface area contributed by atoms with Gasteiger partial charge in [-0.1, -0.05) is 11.2 Å². The molecule has 3 aliphatic rings. The van der Waals surface area contributed by atoms with E-state index in [2.05, 4.69) is 16.2 Å². The highest BCUT2D eigenvalue weighted by Gasteiger charge is 2.45. The Labute approximate surface area is 135 Å². The SMILES string of the molecule is Cc1noc(C2CCC3(CCN(C(=O)C4=CCCC4)CC3)O2)n1. The third-order valence-corrected chi connectivity index (χ3v) is 5.35. The van der Waals surface area contributed by atoms with Crippen molar-refractivity contribution in [2.24, 2.45) is 0 Å². The summed E-state index contributed by atoms with van der Waals surface area (Å²) in [7, 11) is 0. The number of aromatic nitrogens is 2. The Morgan fingerprint density at radius 2 is 2.17 bits per heavy atom. The molecule has 1 aliphatic carbocycles. The molecule has 0 N–H and O–H groups in total. The molecule has 1 aromatic heterocycles. The van der Waals surface area contributed by atoms with Gasteiger partial charge < -0.3 is 14.2 Å². The molecule has 1 atom stereocenters. The minimum atomic E-state index is -0.117. The fourth-order valence-corrected chi connectivity index (χ4v) is 3.98. The van der Waals surface area contributed by atoms with Crippen LogP contribution in [-0.4, -0.2) is 39.6 Å². The van der Waals surface area contributed by atoms with Gasteiger partial charge in [0.05, 0.1) is 5.60 Å². The molecular weight excluding hydrogens is 294 g/mol. The lowest BCUT2D eigenvalue weighted by Gasteiger charge is -2.39. The molecule has 1 aromatic rings. The maximum absolute atomic E-state index is 12.5. The van der Waals surface area contributed by atoms with Gasteiger partial charge in [-0.2, -0.15) is 4.98 Å². The minimum absolute atomic E-state index is 0.0870. The molecule has 124 valence electrons. The molecule has 1 spiro atoms. The van der Waals surface area contributed by atoms with Crippen LogP contribution in [-0.2, 0) is 9.53 Å². The smallest absolute Gasteiger partial charge is 0.255 e. The quantitative estimate of drug-likeness (QED) is 0.839. The minimum Gasteiger partial charge on any atom is -0.362 e. The average molecular weight is 317 g/mol. The van der Waals surface area contributed by atoms with Gasteiger partial charge in [0, 0.05) is 18.7 Å². The third kappa shape index (κ3) is 2.80. The van der Waals surface area contributed by atoms with Crippen molar-refractivity contribution in [3.63, 3.8) is 0 Å². The Morgan fingerprint density at radius 3 is 2.83 bits per heavy atom. The number of piperidine rings is 1. The summed E-state index contributed by atoms with van der Waals surface area (Å²) < 4.78 is 11.5. The lowest BCUT2D eigenvalue weighted by atomic mass is 9.88. The lowest BCUT2D eigenvalue weighted by molar-refractivity contribution is -0.134. The van der Waals surface area contributed by atoms with Crippen LogP contribution in [0.4, 0.5) is 0 Å². The van der Waals surface area contributed by atoms with Gasteiger partial charge in [-0.3, -0.25) is 4.79 Å². The van der Waals surface area contributed by atoms with Crippen LogP contribution in [0.1, 0.15) is 62.8 Å². The topological polar surface area (TPSA) is 68.5 Å². The first kappa shape index (κ1) is 14.9. The standard InChI is InChI=1S/C17H23N3O3/c1-12-18-15(23-19-12)14-6-7-17(22-14)8-10-20(11-9-17)16(21)13-4-2-3-5-13/h4,14H,2-3,5-11H2,1H3. The second-order valence-electron chi connectivity index (χ2n) is 6.92. The normalized spacial score (nSPS) is 26.7. The van der Waals surface area contributed by atoms with Crippen LogP contribution in [0.3, 0.4) is 0 Å². The second kappa shape index (κ2) is 5.74. The molecule has 4 rings (SSSR count). The van der Waals surface area contributed by atoms with Crippen molar-refractivity contribution in [3.8, 4) is 0 Å². The zero-order valence-electron chi connectivity index (χ0n) is 13.6. The van der Waals surface area contributed by atoms with Crippen molar-refractivity contribution in [2.75, 3.05) is 13.1 Å². The molecule has 23 heavy (non-hydrogen) atoms. The zero-order valence-corrected chi connectivity index (χ0v) is 13.6. The first-order chi connectivity index (χ1) is 11.2. The average Bonchev–Trinajstić information content (AvgIpc) is 3.28. The van der Waals surface area contributed by atoms with Crippen LogP contribution in [0.25, 0.3) is 0 Å². The van der Waals surface area contributed by atoms with E-state index in [0.717, 1.165) is 63.6 Å². The number of ether oxygens (including phenoxy) is 1. The number of carbonyl (C=O) groups excluding carboxylic acids is 1. The van der Waals surface area contributed by atoms with E-state index >= 15 is 0 Å². The molecule has 2 aliphatic heterocycles. The Balaban J connectivity index is 1.37. The number of rotatable bonds is 2. The van der Waals surface area contributed by atoms with Crippen LogP contribution >= 0.6 is 0 Å². The van der Waals surface area contributed by atoms with Crippen molar-refractivity contribution in [1.29, 1.82) is 0 Å².